The quantitative estimate of drug-likeness (QED) is 0.252. The molecule has 0 saturated carbocycles. The maximum absolute atomic E-state index is 13.3. The number of furan rings is 1. The van der Waals surface area contributed by atoms with Gasteiger partial charge in [-0.3, -0.25) is 9.48 Å². The molecule has 0 bridgehead atoms. The maximum atomic E-state index is 13.3. The van der Waals surface area contributed by atoms with E-state index in [0.717, 1.165) is 0 Å². The largest absolute Gasteiger partial charge is 0.454 e. The van der Waals surface area contributed by atoms with Gasteiger partial charge in [0.1, 0.15) is 22.6 Å². The lowest BCUT2D eigenvalue weighted by Gasteiger charge is -2.08. The van der Waals surface area contributed by atoms with Crippen LogP contribution in [-0.2, 0) is 13.1 Å². The van der Waals surface area contributed by atoms with Crippen molar-refractivity contribution < 1.29 is 18.5 Å². The number of benzene rings is 1. The summed E-state index contributed by atoms with van der Waals surface area (Å²) in [5.41, 5.74) is 2.48. The van der Waals surface area contributed by atoms with Crippen LogP contribution in [0.15, 0.2) is 45.4 Å². The number of halogens is 3. The molecule has 34 heavy (non-hydrogen) atoms. The molecule has 3 heterocycles. The van der Waals surface area contributed by atoms with E-state index in [2.05, 4.69) is 31.4 Å². The van der Waals surface area contributed by atoms with E-state index in [1.54, 1.807) is 30.7 Å². The van der Waals surface area contributed by atoms with Gasteiger partial charge >= 0.3 is 5.82 Å². The lowest BCUT2D eigenvalue weighted by atomic mass is 10.2. The monoisotopic (exact) mass is 550 g/mol. The SMILES string of the molecule is Cc1nn(Cc2ccc(F)cc2Cl)c(C)c1NC(=O)c1ccc(Cn2cc(Br)c([N+](=O)[O-])n2)o1. The first kappa shape index (κ1) is 23.6. The van der Waals surface area contributed by atoms with Gasteiger partial charge in [-0.25, -0.2) is 4.39 Å². The summed E-state index contributed by atoms with van der Waals surface area (Å²) in [6.07, 6.45) is 1.45. The van der Waals surface area contributed by atoms with Gasteiger partial charge in [0.2, 0.25) is 0 Å². The molecule has 176 valence electrons. The summed E-state index contributed by atoms with van der Waals surface area (Å²) < 4.78 is 22.2. The van der Waals surface area contributed by atoms with Crippen molar-refractivity contribution in [2.45, 2.75) is 26.9 Å². The lowest BCUT2D eigenvalue weighted by molar-refractivity contribution is -0.390. The van der Waals surface area contributed by atoms with E-state index in [4.69, 9.17) is 16.0 Å². The van der Waals surface area contributed by atoms with E-state index in [-0.39, 0.29) is 27.6 Å². The van der Waals surface area contributed by atoms with E-state index >= 15 is 0 Å². The van der Waals surface area contributed by atoms with Gasteiger partial charge in [0.15, 0.2) is 5.76 Å². The van der Waals surface area contributed by atoms with Crippen molar-refractivity contribution in [3.05, 3.63) is 90.4 Å². The number of nitro groups is 1. The third-order valence-electron chi connectivity index (χ3n) is 5.03. The zero-order valence-electron chi connectivity index (χ0n) is 17.9. The molecule has 4 aromatic rings. The molecule has 13 heteroatoms. The minimum atomic E-state index is -0.601. The van der Waals surface area contributed by atoms with Crippen LogP contribution in [-0.4, -0.2) is 30.4 Å². The fourth-order valence-electron chi connectivity index (χ4n) is 3.35. The Kier molecular flexibility index (Phi) is 6.53. The molecule has 1 amide bonds. The van der Waals surface area contributed by atoms with E-state index in [1.807, 2.05) is 0 Å². The van der Waals surface area contributed by atoms with Crippen molar-refractivity contribution in [1.82, 2.24) is 19.6 Å². The van der Waals surface area contributed by atoms with Crippen molar-refractivity contribution in [2.75, 3.05) is 5.32 Å². The Labute approximate surface area is 205 Å². The summed E-state index contributed by atoms with van der Waals surface area (Å²) in [4.78, 5) is 23.1. The van der Waals surface area contributed by atoms with Gasteiger partial charge in [0.05, 0.1) is 34.9 Å². The number of anilines is 1. The second-order valence-electron chi connectivity index (χ2n) is 7.41. The third kappa shape index (κ3) is 4.87. The highest BCUT2D eigenvalue weighted by molar-refractivity contribution is 9.10. The Morgan fingerprint density at radius 2 is 2.03 bits per heavy atom. The predicted octanol–water partition coefficient (Wildman–Crippen LogP) is 5.10. The molecule has 0 unspecified atom stereocenters. The second kappa shape index (κ2) is 9.39. The first-order valence-corrected chi connectivity index (χ1v) is 11.0. The zero-order valence-corrected chi connectivity index (χ0v) is 20.2. The topological polar surface area (TPSA) is 121 Å². The number of carbonyl (C=O) groups is 1. The molecule has 0 fully saturated rings. The van der Waals surface area contributed by atoms with E-state index < -0.39 is 16.6 Å². The average molecular weight is 552 g/mol. The zero-order chi connectivity index (χ0) is 24.6. The van der Waals surface area contributed by atoms with Crippen LogP contribution in [0, 0.1) is 29.8 Å². The smallest absolute Gasteiger partial charge is 0.404 e. The molecular formula is C21H17BrClFN6O4. The molecular weight excluding hydrogens is 535 g/mol. The maximum Gasteiger partial charge on any atom is 0.404 e. The summed E-state index contributed by atoms with van der Waals surface area (Å²) >= 11 is 9.21. The van der Waals surface area contributed by atoms with Crippen LogP contribution in [0.2, 0.25) is 5.02 Å². The highest BCUT2D eigenvalue weighted by Gasteiger charge is 2.21. The van der Waals surface area contributed by atoms with Crippen LogP contribution in [0.25, 0.3) is 0 Å². The van der Waals surface area contributed by atoms with E-state index in [1.165, 1.54) is 29.1 Å². The van der Waals surface area contributed by atoms with Crippen LogP contribution in [0.3, 0.4) is 0 Å². The molecule has 0 atom stereocenters. The van der Waals surface area contributed by atoms with Gasteiger partial charge in [0.25, 0.3) is 5.91 Å². The third-order valence-corrected chi connectivity index (χ3v) is 5.94. The number of hydrogen-bond acceptors (Lipinski definition) is 6. The van der Waals surface area contributed by atoms with Gasteiger partial charge in [-0.15, -0.1) is 0 Å². The highest BCUT2D eigenvalue weighted by Crippen LogP contribution is 2.25. The first-order valence-electron chi connectivity index (χ1n) is 9.87. The van der Waals surface area contributed by atoms with Crippen molar-refractivity contribution in [1.29, 1.82) is 0 Å². The minimum absolute atomic E-state index is 0.0591. The first-order chi connectivity index (χ1) is 16.1. The normalized spacial score (nSPS) is 11.1. The second-order valence-corrected chi connectivity index (χ2v) is 8.68. The van der Waals surface area contributed by atoms with Crippen LogP contribution in [0.4, 0.5) is 15.9 Å². The summed E-state index contributed by atoms with van der Waals surface area (Å²) in [7, 11) is 0. The summed E-state index contributed by atoms with van der Waals surface area (Å²) in [5, 5.41) is 22.3. The Morgan fingerprint density at radius 1 is 1.26 bits per heavy atom. The fourth-order valence-corrected chi connectivity index (χ4v) is 4.04. The van der Waals surface area contributed by atoms with Crippen LogP contribution in [0.5, 0.6) is 0 Å². The highest BCUT2D eigenvalue weighted by atomic mass is 79.9. The van der Waals surface area contributed by atoms with Crippen molar-refractivity contribution in [3.8, 4) is 0 Å². The van der Waals surface area contributed by atoms with Gasteiger partial charge in [-0.1, -0.05) is 17.7 Å². The molecule has 10 nitrogen and oxygen atoms in total. The molecule has 4 rings (SSSR count). The Hall–Kier alpha value is -3.51. The van der Waals surface area contributed by atoms with Crippen LogP contribution >= 0.6 is 27.5 Å². The molecule has 0 aliphatic carbocycles. The van der Waals surface area contributed by atoms with Crippen molar-refractivity contribution in [2.24, 2.45) is 0 Å². The number of hydrogen-bond donors (Lipinski definition) is 1. The van der Waals surface area contributed by atoms with Gasteiger partial charge in [-0.2, -0.15) is 9.78 Å². The number of aryl methyl sites for hydroxylation is 1. The number of nitrogens with one attached hydrogen (secondary N) is 1. The molecule has 0 spiro atoms. The standard InChI is InChI=1S/C21H17BrClFN6O4/c1-11-19(12(2)29(26-11)8-13-3-4-14(24)7-17(13)23)25-21(31)18-6-5-15(34-18)9-28-10-16(22)20(27-28)30(32)33/h3-7,10H,8-9H2,1-2H3,(H,25,31). The molecule has 0 radical (unpaired) electrons. The lowest BCUT2D eigenvalue weighted by Crippen LogP contribution is -2.12. The number of rotatable bonds is 7. The van der Waals surface area contributed by atoms with Crippen LogP contribution < -0.4 is 5.32 Å². The summed E-state index contributed by atoms with van der Waals surface area (Å²) in [5.74, 6) is -0.765. The Bertz CT molecular complexity index is 1410. The molecule has 0 aliphatic rings. The van der Waals surface area contributed by atoms with E-state index in [0.29, 0.717) is 34.9 Å². The van der Waals surface area contributed by atoms with E-state index in [9.17, 15) is 19.3 Å². The number of carbonyl (C=O) groups excluding carboxylic acids is 1. The molecule has 0 saturated heterocycles. The number of aromatic nitrogens is 4. The fraction of sp³-hybridized carbons (Fsp3) is 0.190. The van der Waals surface area contributed by atoms with Gasteiger partial charge in [-0.05, 0) is 64.5 Å². The Balaban J connectivity index is 1.47. The van der Waals surface area contributed by atoms with Crippen molar-refractivity contribution in [3.63, 3.8) is 0 Å². The van der Waals surface area contributed by atoms with Crippen molar-refractivity contribution >= 4 is 44.9 Å². The van der Waals surface area contributed by atoms with Gasteiger partial charge < -0.3 is 19.8 Å². The summed E-state index contributed by atoms with van der Waals surface area (Å²) in [6.45, 7) is 3.96. The Morgan fingerprint density at radius 3 is 2.71 bits per heavy atom. The molecule has 0 aliphatic heterocycles. The van der Waals surface area contributed by atoms with Gasteiger partial charge in [0, 0.05) is 5.02 Å². The van der Waals surface area contributed by atoms with Crippen LogP contribution in [0.1, 0.15) is 33.3 Å². The summed E-state index contributed by atoms with van der Waals surface area (Å²) in [6, 6.07) is 7.24. The average Bonchev–Trinajstić information content (AvgIpc) is 3.45. The minimum Gasteiger partial charge on any atom is -0.454 e. The molecule has 1 aromatic carbocycles. The number of amides is 1. The molecule has 1 N–H and O–H groups in total. The molecule has 3 aromatic heterocycles. The predicted molar refractivity (Wildman–Crippen MR) is 125 cm³/mol. The number of nitrogens with zero attached hydrogens (tertiary/aromatic N) is 5.